The molecule has 1 aliphatic rings. The van der Waals surface area contributed by atoms with E-state index in [1.807, 2.05) is 6.07 Å². The molecule has 1 saturated heterocycles. The number of aryl methyl sites for hydroxylation is 1. The summed E-state index contributed by atoms with van der Waals surface area (Å²) in [5.41, 5.74) is 1.73. The van der Waals surface area contributed by atoms with E-state index in [-0.39, 0.29) is 41.9 Å². The Morgan fingerprint density at radius 1 is 1.06 bits per heavy atom. The predicted molar refractivity (Wildman–Crippen MR) is 126 cm³/mol. The van der Waals surface area contributed by atoms with Gasteiger partial charge >= 0.3 is 0 Å². The van der Waals surface area contributed by atoms with E-state index in [9.17, 15) is 20.4 Å². The molecule has 0 aromatic heterocycles. The number of rotatable bonds is 11. The van der Waals surface area contributed by atoms with Gasteiger partial charge in [0.1, 0.15) is 6.73 Å². The van der Waals surface area contributed by atoms with Gasteiger partial charge in [-0.05, 0) is 61.6 Å². The summed E-state index contributed by atoms with van der Waals surface area (Å²) in [6.45, 7) is 2.23. The Morgan fingerprint density at radius 3 is 2.41 bits per heavy atom. The Morgan fingerprint density at radius 2 is 1.76 bits per heavy atom. The predicted octanol–water partition coefficient (Wildman–Crippen LogP) is 2.64. The van der Waals surface area contributed by atoms with Gasteiger partial charge < -0.3 is 39.4 Å². The van der Waals surface area contributed by atoms with E-state index < -0.39 is 12.2 Å². The quantitative estimate of drug-likeness (QED) is 0.245. The van der Waals surface area contributed by atoms with E-state index in [1.165, 1.54) is 14.2 Å². The van der Waals surface area contributed by atoms with Crippen LogP contribution in [0.4, 0.5) is 0 Å². The van der Waals surface area contributed by atoms with Crippen LogP contribution in [-0.2, 0) is 11.2 Å². The summed E-state index contributed by atoms with van der Waals surface area (Å²) >= 11 is 0. The maximum absolute atomic E-state index is 10.5. The average molecular weight is 478 g/mol. The molecule has 2 aromatic rings. The van der Waals surface area contributed by atoms with Crippen molar-refractivity contribution in [1.29, 1.82) is 0 Å². The first-order valence-corrected chi connectivity index (χ1v) is 11.4. The van der Waals surface area contributed by atoms with Crippen molar-refractivity contribution in [3.05, 3.63) is 41.5 Å². The van der Waals surface area contributed by atoms with Gasteiger partial charge in [0, 0.05) is 13.0 Å². The van der Waals surface area contributed by atoms with Gasteiger partial charge in [-0.2, -0.15) is 0 Å². The first kappa shape index (κ1) is 25.9. The molecule has 0 amide bonds. The molecule has 1 fully saturated rings. The number of hydrogen-bond acceptors (Lipinski definition) is 9. The summed E-state index contributed by atoms with van der Waals surface area (Å²) in [5, 5.41) is 43.0. The monoisotopic (exact) mass is 477 g/mol. The molecule has 0 saturated carbocycles. The van der Waals surface area contributed by atoms with Crippen LogP contribution in [0.2, 0.25) is 0 Å². The SMILES string of the molecule is COc1cc(C2CC(O)CC(CCc3ccc(O)c(OCNCC(C)O)c3)O2)cc(OC)c1O. The second-order valence-electron chi connectivity index (χ2n) is 8.58. The van der Waals surface area contributed by atoms with Crippen LogP contribution in [0.15, 0.2) is 30.3 Å². The molecule has 4 unspecified atom stereocenters. The minimum absolute atomic E-state index is 0.0437. The minimum atomic E-state index is -0.520. The fraction of sp³-hybridized carbons (Fsp3) is 0.520. The summed E-state index contributed by atoms with van der Waals surface area (Å²) in [5.74, 6) is 0.903. The Kier molecular flexibility index (Phi) is 9.23. The molecular formula is C25H35NO8. The zero-order chi connectivity index (χ0) is 24.7. The first-order valence-electron chi connectivity index (χ1n) is 11.4. The van der Waals surface area contributed by atoms with Gasteiger partial charge in [-0.15, -0.1) is 0 Å². The number of methoxy groups -OCH3 is 2. The van der Waals surface area contributed by atoms with Crippen LogP contribution in [0.25, 0.3) is 0 Å². The highest BCUT2D eigenvalue weighted by atomic mass is 16.5. The highest BCUT2D eigenvalue weighted by molar-refractivity contribution is 5.53. The maximum atomic E-state index is 10.5. The minimum Gasteiger partial charge on any atom is -0.504 e. The average Bonchev–Trinajstić information content (AvgIpc) is 2.81. The molecule has 34 heavy (non-hydrogen) atoms. The number of aliphatic hydroxyl groups is 2. The van der Waals surface area contributed by atoms with E-state index in [0.29, 0.717) is 38.0 Å². The van der Waals surface area contributed by atoms with Crippen LogP contribution in [-0.4, -0.2) is 66.2 Å². The van der Waals surface area contributed by atoms with Crippen LogP contribution < -0.4 is 19.5 Å². The van der Waals surface area contributed by atoms with Crippen LogP contribution in [0.1, 0.15) is 43.4 Å². The normalized spacial score (nSPS) is 21.1. The lowest BCUT2D eigenvalue weighted by molar-refractivity contribution is -0.0999. The number of ether oxygens (including phenoxy) is 4. The second kappa shape index (κ2) is 12.1. The number of aliphatic hydroxyl groups excluding tert-OH is 2. The molecule has 4 atom stereocenters. The molecule has 1 aliphatic heterocycles. The van der Waals surface area contributed by atoms with Crippen molar-refractivity contribution in [2.24, 2.45) is 0 Å². The number of phenols is 2. The Bertz CT molecular complexity index is 910. The van der Waals surface area contributed by atoms with Crippen LogP contribution >= 0.6 is 0 Å². The second-order valence-corrected chi connectivity index (χ2v) is 8.58. The number of hydrogen-bond donors (Lipinski definition) is 5. The van der Waals surface area contributed by atoms with E-state index >= 15 is 0 Å². The van der Waals surface area contributed by atoms with Crippen molar-refractivity contribution in [3.63, 3.8) is 0 Å². The Hall–Kier alpha value is -2.72. The lowest BCUT2D eigenvalue weighted by Crippen LogP contribution is -2.31. The third-order valence-electron chi connectivity index (χ3n) is 5.80. The largest absolute Gasteiger partial charge is 0.504 e. The molecule has 0 aliphatic carbocycles. The molecule has 0 spiro atoms. The Balaban J connectivity index is 1.63. The van der Waals surface area contributed by atoms with Crippen LogP contribution in [0.3, 0.4) is 0 Å². The topological polar surface area (TPSA) is 130 Å². The fourth-order valence-corrected chi connectivity index (χ4v) is 4.04. The van der Waals surface area contributed by atoms with Gasteiger partial charge in [0.2, 0.25) is 5.75 Å². The summed E-state index contributed by atoms with van der Waals surface area (Å²) in [6.07, 6.45) is 0.753. The smallest absolute Gasteiger partial charge is 0.200 e. The molecule has 9 nitrogen and oxygen atoms in total. The van der Waals surface area contributed by atoms with Crippen LogP contribution in [0.5, 0.6) is 28.7 Å². The van der Waals surface area contributed by atoms with Gasteiger partial charge in [0.15, 0.2) is 23.0 Å². The molecule has 5 N–H and O–H groups in total. The van der Waals surface area contributed by atoms with E-state index in [4.69, 9.17) is 18.9 Å². The molecule has 3 rings (SSSR count). The van der Waals surface area contributed by atoms with Gasteiger partial charge in [0.05, 0.1) is 38.6 Å². The van der Waals surface area contributed by atoms with Crippen molar-refractivity contribution >= 4 is 0 Å². The van der Waals surface area contributed by atoms with Crippen molar-refractivity contribution in [3.8, 4) is 28.7 Å². The summed E-state index contributed by atoms with van der Waals surface area (Å²) in [6, 6.07) is 8.61. The zero-order valence-corrected chi connectivity index (χ0v) is 19.9. The van der Waals surface area contributed by atoms with E-state index in [1.54, 1.807) is 31.2 Å². The van der Waals surface area contributed by atoms with Gasteiger partial charge in [-0.25, -0.2) is 0 Å². The highest BCUT2D eigenvalue weighted by Crippen LogP contribution is 2.42. The Labute approximate surface area is 199 Å². The lowest BCUT2D eigenvalue weighted by atomic mass is 9.93. The van der Waals surface area contributed by atoms with Crippen LogP contribution in [0, 0.1) is 0 Å². The lowest BCUT2D eigenvalue weighted by Gasteiger charge is -2.34. The number of phenolic OH excluding ortho intramolecular Hbond substituents is 2. The van der Waals surface area contributed by atoms with Gasteiger partial charge in [-0.1, -0.05) is 6.07 Å². The molecule has 0 radical (unpaired) electrons. The fourth-order valence-electron chi connectivity index (χ4n) is 4.04. The number of benzene rings is 2. The summed E-state index contributed by atoms with van der Waals surface area (Å²) < 4.78 is 22.4. The first-order chi connectivity index (χ1) is 16.3. The number of nitrogens with one attached hydrogen (secondary N) is 1. The van der Waals surface area contributed by atoms with Gasteiger partial charge in [0.25, 0.3) is 0 Å². The molecular weight excluding hydrogens is 442 g/mol. The van der Waals surface area contributed by atoms with Crippen molar-refractivity contribution < 1.29 is 39.4 Å². The van der Waals surface area contributed by atoms with Crippen molar-refractivity contribution in [1.82, 2.24) is 5.32 Å². The third kappa shape index (κ3) is 6.89. The molecule has 188 valence electrons. The van der Waals surface area contributed by atoms with Crippen molar-refractivity contribution in [2.75, 3.05) is 27.5 Å². The van der Waals surface area contributed by atoms with Crippen molar-refractivity contribution in [2.45, 2.75) is 57.0 Å². The van der Waals surface area contributed by atoms with Gasteiger partial charge in [-0.3, -0.25) is 5.32 Å². The standard InChI is InChI=1S/C25H35NO8/c1-15(27)13-26-14-33-22-8-16(5-7-20(22)29)4-6-19-11-18(28)12-21(34-19)17-9-23(31-2)25(30)24(10-17)32-3/h5,7-10,15,18-19,21,26-30H,4,6,11-14H2,1-3H3. The number of aromatic hydroxyl groups is 2. The van der Waals surface area contributed by atoms with E-state index in [2.05, 4.69) is 5.32 Å². The maximum Gasteiger partial charge on any atom is 0.200 e. The molecule has 9 heteroatoms. The third-order valence-corrected chi connectivity index (χ3v) is 5.80. The summed E-state index contributed by atoms with van der Waals surface area (Å²) in [4.78, 5) is 0. The molecule has 0 bridgehead atoms. The molecule has 2 aromatic carbocycles. The molecule has 1 heterocycles. The van der Waals surface area contributed by atoms with E-state index in [0.717, 1.165) is 11.1 Å². The zero-order valence-electron chi connectivity index (χ0n) is 19.9. The summed E-state index contributed by atoms with van der Waals surface area (Å²) in [7, 11) is 2.94. The highest BCUT2D eigenvalue weighted by Gasteiger charge is 2.30.